The van der Waals surface area contributed by atoms with Gasteiger partial charge in [-0.15, -0.1) is 0 Å². The van der Waals surface area contributed by atoms with Crippen LogP contribution in [0, 0.1) is 6.33 Å². The molecule has 5 nitrogen and oxygen atoms in total. The van der Waals surface area contributed by atoms with Crippen LogP contribution in [0.3, 0.4) is 0 Å². The zero-order chi connectivity index (χ0) is 14.3. The van der Waals surface area contributed by atoms with Crippen LogP contribution in [0.5, 0.6) is 0 Å². The van der Waals surface area contributed by atoms with Crippen LogP contribution in [0.25, 0.3) is 0 Å². The fourth-order valence-corrected chi connectivity index (χ4v) is 2.66. The number of nitrogens with zero attached hydrogens (tertiary/aromatic N) is 3. The molecule has 3 rings (SSSR count). The van der Waals surface area contributed by atoms with Crippen molar-refractivity contribution in [3.8, 4) is 0 Å². The number of ether oxygens (including phenoxy) is 1. The fraction of sp³-hybridized carbons (Fsp3) is 0.500. The molecule has 0 spiro atoms. The van der Waals surface area contributed by atoms with Crippen molar-refractivity contribution in [1.29, 1.82) is 0 Å². The van der Waals surface area contributed by atoms with E-state index in [4.69, 9.17) is 9.26 Å². The molecule has 21 heavy (non-hydrogen) atoms. The number of hydrogen-bond acceptors (Lipinski definition) is 5. The average Bonchev–Trinajstić information content (AvgIpc) is 3.03. The van der Waals surface area contributed by atoms with Gasteiger partial charge in [0.05, 0.1) is 19.1 Å². The number of benzene rings is 1. The molecule has 2 aromatic rings. The van der Waals surface area contributed by atoms with Crippen molar-refractivity contribution in [3.05, 3.63) is 48.1 Å². The van der Waals surface area contributed by atoms with E-state index in [9.17, 15) is 0 Å². The largest absolute Gasteiger partial charge is 0.378 e. The Morgan fingerprint density at radius 2 is 2.05 bits per heavy atom. The highest BCUT2D eigenvalue weighted by molar-refractivity contribution is 5.14. The van der Waals surface area contributed by atoms with Crippen LogP contribution in [0.1, 0.15) is 24.3 Å². The first-order valence-electron chi connectivity index (χ1n) is 7.46. The van der Waals surface area contributed by atoms with Crippen LogP contribution in [-0.2, 0) is 17.7 Å². The second-order valence-electron chi connectivity index (χ2n) is 5.37. The molecule has 1 aromatic carbocycles. The minimum absolute atomic E-state index is 0.351. The Kier molecular flexibility index (Phi) is 4.97. The van der Waals surface area contributed by atoms with E-state index in [1.54, 1.807) is 0 Å². The van der Waals surface area contributed by atoms with Crippen LogP contribution in [0.4, 0.5) is 0 Å². The Bertz CT molecular complexity index is 508. The summed E-state index contributed by atoms with van der Waals surface area (Å²) < 4.78 is 10.8. The highest BCUT2D eigenvalue weighted by Gasteiger charge is 2.19. The van der Waals surface area contributed by atoms with Crippen molar-refractivity contribution in [1.82, 2.24) is 15.0 Å². The highest BCUT2D eigenvalue weighted by atomic mass is 16.5. The van der Waals surface area contributed by atoms with Crippen LogP contribution in [0.2, 0.25) is 0 Å². The Labute approximate surface area is 124 Å². The van der Waals surface area contributed by atoms with E-state index in [0.717, 1.165) is 32.5 Å². The van der Waals surface area contributed by atoms with Crippen molar-refractivity contribution in [3.63, 3.8) is 0 Å². The zero-order valence-electron chi connectivity index (χ0n) is 12.1. The monoisotopic (exact) mass is 286 g/mol. The number of piperidine rings is 1. The lowest BCUT2D eigenvalue weighted by atomic mass is 10.1. The van der Waals surface area contributed by atoms with Gasteiger partial charge in [0.1, 0.15) is 0 Å². The zero-order valence-corrected chi connectivity index (χ0v) is 12.1. The van der Waals surface area contributed by atoms with Crippen molar-refractivity contribution < 1.29 is 9.26 Å². The van der Waals surface area contributed by atoms with E-state index in [-0.39, 0.29) is 0 Å². The molecule has 111 valence electrons. The summed E-state index contributed by atoms with van der Waals surface area (Å²) >= 11 is 0. The predicted octanol–water partition coefficient (Wildman–Crippen LogP) is 2.09. The van der Waals surface area contributed by atoms with Crippen molar-refractivity contribution in [2.45, 2.75) is 31.9 Å². The van der Waals surface area contributed by atoms with Gasteiger partial charge in [-0.1, -0.05) is 35.5 Å². The Morgan fingerprint density at radius 3 is 2.76 bits per heavy atom. The Morgan fingerprint density at radius 1 is 1.24 bits per heavy atom. The summed E-state index contributed by atoms with van der Waals surface area (Å²) in [7, 11) is 0. The van der Waals surface area contributed by atoms with Crippen LogP contribution in [-0.4, -0.2) is 40.8 Å². The van der Waals surface area contributed by atoms with Crippen LogP contribution in [0.15, 0.2) is 34.9 Å². The van der Waals surface area contributed by atoms with E-state index < -0.39 is 0 Å². The van der Waals surface area contributed by atoms with Crippen LogP contribution < -0.4 is 0 Å². The van der Waals surface area contributed by atoms with Gasteiger partial charge in [0.2, 0.25) is 12.2 Å². The minimum atomic E-state index is 0.351. The van der Waals surface area contributed by atoms with E-state index in [1.807, 2.05) is 0 Å². The van der Waals surface area contributed by atoms with E-state index in [1.165, 1.54) is 5.56 Å². The molecule has 0 unspecified atom stereocenters. The molecule has 1 saturated heterocycles. The summed E-state index contributed by atoms with van der Waals surface area (Å²) in [6.07, 6.45) is 5.61. The summed E-state index contributed by atoms with van der Waals surface area (Å²) in [4.78, 5) is 6.36. The number of likely N-dealkylation sites (tertiary alicyclic amines) is 1. The van der Waals surface area contributed by atoms with Gasteiger partial charge in [0.25, 0.3) is 0 Å². The van der Waals surface area contributed by atoms with Gasteiger partial charge in [-0.2, -0.15) is 4.98 Å². The molecule has 1 fully saturated rings. The third-order valence-electron chi connectivity index (χ3n) is 3.82. The fourth-order valence-electron chi connectivity index (χ4n) is 2.66. The van der Waals surface area contributed by atoms with Crippen molar-refractivity contribution in [2.75, 3.05) is 19.7 Å². The molecule has 0 N–H and O–H groups in total. The van der Waals surface area contributed by atoms with Crippen molar-refractivity contribution >= 4 is 0 Å². The molecular formula is C16H20N3O2. The number of aromatic nitrogens is 2. The van der Waals surface area contributed by atoms with Crippen LogP contribution >= 0.6 is 0 Å². The van der Waals surface area contributed by atoms with E-state index in [2.05, 4.69) is 51.7 Å². The lowest BCUT2D eigenvalue weighted by Gasteiger charge is -2.31. The quantitative estimate of drug-likeness (QED) is 0.814. The SMILES string of the molecule is [c]1noc(CCOC2CCN(Cc3ccccc3)CC2)n1. The summed E-state index contributed by atoms with van der Waals surface area (Å²) in [6.45, 7) is 3.85. The first kappa shape index (κ1) is 14.2. The lowest BCUT2D eigenvalue weighted by Crippen LogP contribution is -2.36. The molecule has 0 amide bonds. The molecule has 0 saturated carbocycles. The first-order valence-corrected chi connectivity index (χ1v) is 7.46. The summed E-state index contributed by atoms with van der Waals surface area (Å²) in [6, 6.07) is 10.6. The second kappa shape index (κ2) is 7.33. The van der Waals surface area contributed by atoms with Gasteiger partial charge in [-0.05, 0) is 18.4 Å². The number of rotatable bonds is 6. The third kappa shape index (κ3) is 4.37. The molecule has 0 bridgehead atoms. The Balaban J connectivity index is 1.35. The first-order chi connectivity index (χ1) is 10.4. The normalized spacial score (nSPS) is 17.1. The molecule has 1 aliphatic heterocycles. The van der Waals surface area contributed by atoms with Gasteiger partial charge >= 0.3 is 0 Å². The predicted molar refractivity (Wildman–Crippen MR) is 77.5 cm³/mol. The van der Waals surface area contributed by atoms with Gasteiger partial charge in [0.15, 0.2) is 0 Å². The maximum absolute atomic E-state index is 5.89. The molecular weight excluding hydrogens is 266 g/mol. The molecule has 1 radical (unpaired) electrons. The molecule has 5 heteroatoms. The topological polar surface area (TPSA) is 51.4 Å². The van der Waals surface area contributed by atoms with Gasteiger partial charge in [-0.25, -0.2) is 0 Å². The van der Waals surface area contributed by atoms with Gasteiger partial charge in [0, 0.05) is 19.6 Å². The Hall–Kier alpha value is -1.72. The lowest BCUT2D eigenvalue weighted by molar-refractivity contribution is 0.00548. The maximum Gasteiger partial charge on any atom is 0.243 e. The molecule has 0 aliphatic carbocycles. The smallest absolute Gasteiger partial charge is 0.243 e. The van der Waals surface area contributed by atoms with Gasteiger partial charge in [-0.3, -0.25) is 4.90 Å². The molecule has 1 aromatic heterocycles. The molecule has 0 atom stereocenters. The number of hydrogen-bond donors (Lipinski definition) is 0. The third-order valence-corrected chi connectivity index (χ3v) is 3.82. The van der Waals surface area contributed by atoms with E-state index >= 15 is 0 Å². The molecule has 2 heterocycles. The summed E-state index contributed by atoms with van der Waals surface area (Å²) in [5, 5.41) is 3.46. The highest BCUT2D eigenvalue weighted by Crippen LogP contribution is 2.16. The summed E-state index contributed by atoms with van der Waals surface area (Å²) in [5.74, 6) is 0.594. The summed E-state index contributed by atoms with van der Waals surface area (Å²) in [5.41, 5.74) is 1.38. The maximum atomic E-state index is 5.89. The van der Waals surface area contributed by atoms with Gasteiger partial charge < -0.3 is 9.26 Å². The van der Waals surface area contributed by atoms with Crippen molar-refractivity contribution in [2.24, 2.45) is 0 Å². The standard InChI is InChI=1S/C16H20N3O2/c1-2-4-14(5-3-1)12-19-9-6-15(7-10-19)20-11-8-16-17-13-18-21-16/h1-5,15H,6-12H2. The average molecular weight is 286 g/mol. The molecule has 1 aliphatic rings. The minimum Gasteiger partial charge on any atom is -0.378 e. The van der Waals surface area contributed by atoms with E-state index in [0.29, 0.717) is 25.0 Å². The second-order valence-corrected chi connectivity index (χ2v) is 5.37.